The van der Waals surface area contributed by atoms with Gasteiger partial charge >= 0.3 is 0 Å². The molecule has 6 heteroatoms. The summed E-state index contributed by atoms with van der Waals surface area (Å²) in [5, 5.41) is 11.4. The molecule has 0 amide bonds. The summed E-state index contributed by atoms with van der Waals surface area (Å²) in [5.41, 5.74) is 1.50. The minimum absolute atomic E-state index is 0.242. The molecule has 0 radical (unpaired) electrons. The normalized spacial score (nSPS) is 11.6. The Balaban J connectivity index is 2.53. The van der Waals surface area contributed by atoms with Crippen LogP contribution in [0.3, 0.4) is 0 Å². The first-order valence-corrected chi connectivity index (χ1v) is 5.42. The Labute approximate surface area is 94.1 Å². The average molecular weight is 220 g/mol. The van der Waals surface area contributed by atoms with E-state index in [1.807, 2.05) is 13.8 Å². The number of aromatic nitrogens is 5. The van der Waals surface area contributed by atoms with Gasteiger partial charge < -0.3 is 5.32 Å². The van der Waals surface area contributed by atoms with Gasteiger partial charge in [-0.05, 0) is 27.7 Å². The first-order chi connectivity index (χ1) is 7.59. The van der Waals surface area contributed by atoms with Crippen LogP contribution >= 0.6 is 0 Å². The molecule has 0 aliphatic heterocycles. The smallest absolute Gasteiger partial charge is 0.184 e. The van der Waals surface area contributed by atoms with Crippen LogP contribution in [0, 0.1) is 0 Å². The second kappa shape index (κ2) is 4.03. The van der Waals surface area contributed by atoms with E-state index in [1.165, 1.54) is 6.33 Å². The van der Waals surface area contributed by atoms with Crippen molar-refractivity contribution in [2.24, 2.45) is 0 Å². The quantitative estimate of drug-likeness (QED) is 0.851. The second-order valence-electron chi connectivity index (χ2n) is 4.32. The number of anilines is 1. The van der Waals surface area contributed by atoms with Crippen LogP contribution in [0.15, 0.2) is 6.33 Å². The molecule has 0 spiro atoms. The van der Waals surface area contributed by atoms with E-state index in [4.69, 9.17) is 0 Å². The van der Waals surface area contributed by atoms with Crippen LogP contribution in [0.25, 0.3) is 11.2 Å². The Morgan fingerprint density at radius 3 is 2.56 bits per heavy atom. The molecule has 0 aromatic carbocycles. The zero-order valence-corrected chi connectivity index (χ0v) is 9.97. The summed E-state index contributed by atoms with van der Waals surface area (Å²) in [6, 6.07) is 0.550. The zero-order valence-electron chi connectivity index (χ0n) is 9.97. The molecule has 2 aromatic rings. The first-order valence-electron chi connectivity index (χ1n) is 5.42. The molecular formula is C10H16N6. The monoisotopic (exact) mass is 220 g/mol. The maximum atomic E-state index is 4.22. The molecule has 2 rings (SSSR count). The van der Waals surface area contributed by atoms with Gasteiger partial charge in [0.05, 0.1) is 6.04 Å². The fraction of sp³-hybridized carbons (Fsp3) is 0.600. The van der Waals surface area contributed by atoms with E-state index in [-0.39, 0.29) is 6.04 Å². The van der Waals surface area contributed by atoms with Crippen LogP contribution in [0.2, 0.25) is 0 Å². The van der Waals surface area contributed by atoms with Crippen LogP contribution in [0.4, 0.5) is 5.82 Å². The van der Waals surface area contributed by atoms with E-state index in [0.717, 1.165) is 17.0 Å². The van der Waals surface area contributed by atoms with Crippen molar-refractivity contribution in [2.75, 3.05) is 5.32 Å². The average Bonchev–Trinajstić information content (AvgIpc) is 2.61. The Morgan fingerprint density at radius 2 is 1.94 bits per heavy atom. The molecule has 16 heavy (non-hydrogen) atoms. The van der Waals surface area contributed by atoms with Gasteiger partial charge in [0.25, 0.3) is 0 Å². The molecule has 0 unspecified atom stereocenters. The van der Waals surface area contributed by atoms with Crippen molar-refractivity contribution in [3.8, 4) is 0 Å². The minimum Gasteiger partial charge on any atom is -0.366 e. The molecule has 0 saturated heterocycles. The number of hydrogen-bond acceptors (Lipinski definition) is 5. The fourth-order valence-corrected chi connectivity index (χ4v) is 1.49. The van der Waals surface area contributed by atoms with Crippen molar-refractivity contribution < 1.29 is 0 Å². The lowest BCUT2D eigenvalue weighted by Crippen LogP contribution is -2.11. The van der Waals surface area contributed by atoms with Gasteiger partial charge in [0.15, 0.2) is 17.0 Å². The van der Waals surface area contributed by atoms with Gasteiger partial charge in [-0.2, -0.15) is 0 Å². The molecule has 2 aromatic heterocycles. The summed E-state index contributed by atoms with van der Waals surface area (Å²) in [7, 11) is 0. The van der Waals surface area contributed by atoms with E-state index in [9.17, 15) is 0 Å². The molecule has 0 fully saturated rings. The van der Waals surface area contributed by atoms with E-state index in [1.54, 1.807) is 4.68 Å². The second-order valence-corrected chi connectivity index (χ2v) is 4.32. The Morgan fingerprint density at radius 1 is 1.19 bits per heavy atom. The Kier molecular flexibility index (Phi) is 2.72. The molecule has 0 aliphatic carbocycles. The van der Waals surface area contributed by atoms with Gasteiger partial charge in [-0.1, -0.05) is 5.21 Å². The summed E-state index contributed by atoms with van der Waals surface area (Å²) < 4.78 is 1.79. The van der Waals surface area contributed by atoms with Crippen LogP contribution in [-0.2, 0) is 0 Å². The molecule has 0 bridgehead atoms. The summed E-state index contributed by atoms with van der Waals surface area (Å²) in [6.45, 7) is 8.21. The van der Waals surface area contributed by atoms with Gasteiger partial charge in [0, 0.05) is 6.04 Å². The maximum absolute atomic E-state index is 4.22. The molecule has 0 atom stereocenters. The number of nitrogens with zero attached hydrogens (tertiary/aromatic N) is 5. The van der Waals surface area contributed by atoms with Crippen molar-refractivity contribution in [1.82, 2.24) is 25.0 Å². The van der Waals surface area contributed by atoms with Crippen molar-refractivity contribution in [2.45, 2.75) is 39.8 Å². The number of nitrogens with one attached hydrogen (secondary N) is 1. The van der Waals surface area contributed by atoms with Gasteiger partial charge in [-0.3, -0.25) is 0 Å². The van der Waals surface area contributed by atoms with E-state index >= 15 is 0 Å². The van der Waals surface area contributed by atoms with E-state index in [0.29, 0.717) is 6.04 Å². The van der Waals surface area contributed by atoms with Crippen molar-refractivity contribution in [3.63, 3.8) is 0 Å². The minimum atomic E-state index is 0.242. The summed E-state index contributed by atoms with van der Waals surface area (Å²) in [4.78, 5) is 8.40. The van der Waals surface area contributed by atoms with Crippen LogP contribution in [0.1, 0.15) is 33.7 Å². The van der Waals surface area contributed by atoms with Gasteiger partial charge in [-0.25, -0.2) is 14.6 Å². The largest absolute Gasteiger partial charge is 0.366 e. The summed E-state index contributed by atoms with van der Waals surface area (Å²) in [5.74, 6) is 0.742. The summed E-state index contributed by atoms with van der Waals surface area (Å²) in [6.07, 6.45) is 1.54. The van der Waals surface area contributed by atoms with E-state index < -0.39 is 0 Å². The molecule has 0 aliphatic rings. The lowest BCUT2D eigenvalue weighted by Gasteiger charge is -2.08. The van der Waals surface area contributed by atoms with Crippen molar-refractivity contribution in [1.29, 1.82) is 0 Å². The number of rotatable bonds is 3. The first kappa shape index (κ1) is 10.8. The van der Waals surface area contributed by atoms with Crippen LogP contribution in [-0.4, -0.2) is 31.0 Å². The van der Waals surface area contributed by atoms with Gasteiger partial charge in [0.2, 0.25) is 0 Å². The third-order valence-electron chi connectivity index (χ3n) is 2.18. The predicted octanol–water partition coefficient (Wildman–Crippen LogP) is 1.62. The number of hydrogen-bond donors (Lipinski definition) is 1. The third-order valence-corrected chi connectivity index (χ3v) is 2.18. The highest BCUT2D eigenvalue weighted by atomic mass is 15.5. The third kappa shape index (κ3) is 1.82. The predicted molar refractivity (Wildman–Crippen MR) is 62.3 cm³/mol. The SMILES string of the molecule is CC(C)Nc1ncnc2c1nnn2C(C)C. The Hall–Kier alpha value is -1.72. The molecular weight excluding hydrogens is 204 g/mol. The van der Waals surface area contributed by atoms with Crippen LogP contribution < -0.4 is 5.32 Å². The molecule has 0 saturated carbocycles. The standard InChI is InChI=1S/C10H16N6/c1-6(2)13-9-8-10(12-5-11-9)16(7(3)4)15-14-8/h5-7H,1-4H3,(H,11,12,13). The lowest BCUT2D eigenvalue weighted by molar-refractivity contribution is 0.526. The fourth-order valence-electron chi connectivity index (χ4n) is 1.49. The van der Waals surface area contributed by atoms with E-state index in [2.05, 4.69) is 39.4 Å². The highest BCUT2D eigenvalue weighted by Crippen LogP contribution is 2.18. The van der Waals surface area contributed by atoms with Crippen LogP contribution in [0.5, 0.6) is 0 Å². The maximum Gasteiger partial charge on any atom is 0.184 e. The highest BCUT2D eigenvalue weighted by Gasteiger charge is 2.13. The van der Waals surface area contributed by atoms with Crippen molar-refractivity contribution >= 4 is 17.0 Å². The van der Waals surface area contributed by atoms with Gasteiger partial charge in [-0.15, -0.1) is 5.10 Å². The highest BCUT2D eigenvalue weighted by molar-refractivity contribution is 5.81. The Bertz CT molecular complexity index is 487. The number of fused-ring (bicyclic) bond motifs is 1. The van der Waals surface area contributed by atoms with Gasteiger partial charge in [0.1, 0.15) is 6.33 Å². The lowest BCUT2D eigenvalue weighted by atomic mass is 10.3. The van der Waals surface area contributed by atoms with Crippen molar-refractivity contribution in [3.05, 3.63) is 6.33 Å². The molecule has 86 valence electrons. The molecule has 2 heterocycles. The molecule has 6 nitrogen and oxygen atoms in total. The topological polar surface area (TPSA) is 68.5 Å². The molecule has 1 N–H and O–H groups in total. The summed E-state index contributed by atoms with van der Waals surface area (Å²) >= 11 is 0. The zero-order chi connectivity index (χ0) is 11.7.